The molecule has 2 aromatic heterocycles. The average molecular weight is 354 g/mol. The van der Waals surface area contributed by atoms with Crippen LogP contribution in [0.1, 0.15) is 25.1 Å². The first kappa shape index (κ1) is 17.9. The minimum Gasteiger partial charge on any atom is -0.481 e. The number of aliphatic carboxylic acids is 1. The first-order valence-electron chi connectivity index (χ1n) is 8.50. The molecule has 0 radical (unpaired) electrons. The number of aliphatic hydroxyl groups excluding tert-OH is 1. The van der Waals surface area contributed by atoms with Crippen molar-refractivity contribution in [1.82, 2.24) is 19.3 Å². The number of aryl methyl sites for hydroxylation is 1. The van der Waals surface area contributed by atoms with Gasteiger partial charge < -0.3 is 14.8 Å². The molecule has 0 spiro atoms. The Kier molecular flexibility index (Phi) is 5.18. The normalized spacial score (nSPS) is 12.3. The quantitative estimate of drug-likeness (QED) is 0.680. The number of carbonyl (C=O) groups is 1. The number of nitrogens with zero attached hydrogens (tertiary/aromatic N) is 4. The summed E-state index contributed by atoms with van der Waals surface area (Å²) in [4.78, 5) is 15.8. The van der Waals surface area contributed by atoms with Crippen molar-refractivity contribution in [3.63, 3.8) is 0 Å². The van der Waals surface area contributed by atoms with Gasteiger partial charge in [0, 0.05) is 23.4 Å². The van der Waals surface area contributed by atoms with Gasteiger partial charge >= 0.3 is 5.97 Å². The zero-order chi connectivity index (χ0) is 18.7. The highest BCUT2D eigenvalue weighted by Crippen LogP contribution is 2.35. The van der Waals surface area contributed by atoms with E-state index >= 15 is 0 Å². The van der Waals surface area contributed by atoms with E-state index in [0.29, 0.717) is 6.54 Å². The Hall–Kier alpha value is -2.93. The first-order chi connectivity index (χ1) is 12.5. The third-order valence-corrected chi connectivity index (χ3v) is 4.32. The van der Waals surface area contributed by atoms with E-state index in [1.54, 1.807) is 11.0 Å². The van der Waals surface area contributed by atoms with Crippen LogP contribution in [0.2, 0.25) is 0 Å². The lowest BCUT2D eigenvalue weighted by atomic mass is 10.0. The van der Waals surface area contributed by atoms with Crippen molar-refractivity contribution >= 4 is 5.97 Å². The lowest BCUT2D eigenvalue weighted by Gasteiger charge is -2.15. The van der Waals surface area contributed by atoms with E-state index in [4.69, 9.17) is 0 Å². The number of aliphatic hydroxyl groups is 1. The molecule has 0 bridgehead atoms. The first-order valence-corrected chi connectivity index (χ1v) is 8.50. The number of hydrogen-bond acceptors (Lipinski definition) is 4. The van der Waals surface area contributed by atoms with Crippen molar-refractivity contribution in [3.05, 3.63) is 48.5 Å². The molecular formula is C19H22N4O3. The van der Waals surface area contributed by atoms with Gasteiger partial charge in [0.1, 0.15) is 0 Å². The highest BCUT2D eigenvalue weighted by molar-refractivity contribution is 5.79. The maximum absolute atomic E-state index is 11.2. The van der Waals surface area contributed by atoms with Gasteiger partial charge in [0.15, 0.2) is 0 Å². The Bertz CT molecular complexity index is 899. The zero-order valence-electron chi connectivity index (χ0n) is 14.8. The predicted octanol–water partition coefficient (Wildman–Crippen LogP) is 2.75. The van der Waals surface area contributed by atoms with Crippen molar-refractivity contribution in [3.8, 4) is 22.5 Å². The van der Waals surface area contributed by atoms with Crippen LogP contribution >= 0.6 is 0 Å². The van der Waals surface area contributed by atoms with Crippen LogP contribution in [0, 0.1) is 6.92 Å². The third kappa shape index (κ3) is 3.52. The minimum absolute atomic E-state index is 0.000775. The maximum Gasteiger partial charge on any atom is 0.305 e. The molecule has 7 nitrogen and oxygen atoms in total. The number of hydrogen-bond donors (Lipinski definition) is 2. The number of carboxylic acid groups (broad SMARTS) is 1. The second-order valence-corrected chi connectivity index (χ2v) is 6.28. The minimum atomic E-state index is -0.855. The Labute approximate surface area is 151 Å². The predicted molar refractivity (Wildman–Crippen MR) is 97.7 cm³/mol. The maximum atomic E-state index is 11.2. The number of imidazole rings is 1. The summed E-state index contributed by atoms with van der Waals surface area (Å²) in [5.41, 5.74) is 4.27. The van der Waals surface area contributed by atoms with Crippen LogP contribution < -0.4 is 0 Å². The molecule has 3 rings (SSSR count). The van der Waals surface area contributed by atoms with Gasteiger partial charge in [0.25, 0.3) is 0 Å². The van der Waals surface area contributed by atoms with Crippen molar-refractivity contribution in [2.24, 2.45) is 0 Å². The van der Waals surface area contributed by atoms with E-state index in [9.17, 15) is 15.0 Å². The van der Waals surface area contributed by atoms with Crippen LogP contribution in [0.5, 0.6) is 0 Å². The number of rotatable bonds is 7. The third-order valence-electron chi connectivity index (χ3n) is 4.32. The van der Waals surface area contributed by atoms with E-state index in [1.807, 2.05) is 54.9 Å². The Morgan fingerprint density at radius 3 is 2.65 bits per heavy atom. The molecule has 2 heterocycles. The van der Waals surface area contributed by atoms with Gasteiger partial charge in [-0.15, -0.1) is 0 Å². The van der Waals surface area contributed by atoms with Crippen molar-refractivity contribution < 1.29 is 15.0 Å². The molecule has 0 aliphatic heterocycles. The summed E-state index contributed by atoms with van der Waals surface area (Å²) < 4.78 is 3.59. The summed E-state index contributed by atoms with van der Waals surface area (Å²) in [6, 6.07) is 9.53. The van der Waals surface area contributed by atoms with Gasteiger partial charge in [-0.05, 0) is 13.8 Å². The van der Waals surface area contributed by atoms with Gasteiger partial charge in [-0.1, -0.05) is 30.3 Å². The van der Waals surface area contributed by atoms with Crippen molar-refractivity contribution in [1.29, 1.82) is 0 Å². The molecule has 1 aromatic carbocycles. The molecule has 1 atom stereocenters. The Morgan fingerprint density at radius 1 is 1.27 bits per heavy atom. The smallest absolute Gasteiger partial charge is 0.305 e. The molecule has 3 aromatic rings. The number of carboxylic acids is 1. The molecular weight excluding hydrogens is 332 g/mol. The van der Waals surface area contributed by atoms with E-state index in [1.165, 1.54) is 0 Å². The average Bonchev–Trinajstić information content (AvgIpc) is 3.18. The van der Waals surface area contributed by atoms with Crippen LogP contribution in [-0.4, -0.2) is 42.1 Å². The van der Waals surface area contributed by atoms with Gasteiger partial charge in [-0.3, -0.25) is 9.48 Å². The van der Waals surface area contributed by atoms with Crippen molar-refractivity contribution in [2.45, 2.75) is 32.9 Å². The molecule has 136 valence electrons. The van der Waals surface area contributed by atoms with Crippen LogP contribution in [0.15, 0.2) is 42.9 Å². The van der Waals surface area contributed by atoms with Gasteiger partial charge in [-0.2, -0.15) is 5.10 Å². The molecule has 0 aliphatic carbocycles. The summed E-state index contributed by atoms with van der Waals surface area (Å²) in [6.45, 7) is 4.17. The van der Waals surface area contributed by atoms with Gasteiger partial charge in [0.05, 0.1) is 43.0 Å². The van der Waals surface area contributed by atoms with Gasteiger partial charge in [0.2, 0.25) is 0 Å². The number of aromatic nitrogens is 4. The van der Waals surface area contributed by atoms with Crippen LogP contribution in [0.4, 0.5) is 0 Å². The lowest BCUT2D eigenvalue weighted by molar-refractivity contribution is -0.137. The van der Waals surface area contributed by atoms with E-state index in [2.05, 4.69) is 10.1 Å². The summed E-state index contributed by atoms with van der Waals surface area (Å²) in [5, 5.41) is 22.8. The SMILES string of the molecule is Cc1nn(CCO)cc1-c1c(-c2ccccc2)ncn1[C@H](C)CC(=O)O. The molecule has 0 saturated heterocycles. The topological polar surface area (TPSA) is 93.2 Å². The summed E-state index contributed by atoms with van der Waals surface area (Å²) in [7, 11) is 0. The molecule has 0 saturated carbocycles. The van der Waals surface area contributed by atoms with Crippen LogP contribution in [-0.2, 0) is 11.3 Å². The Morgan fingerprint density at radius 2 is 2.00 bits per heavy atom. The van der Waals surface area contributed by atoms with Gasteiger partial charge in [-0.25, -0.2) is 4.98 Å². The summed E-state index contributed by atoms with van der Waals surface area (Å²) in [6.07, 6.45) is 3.56. The van der Waals surface area contributed by atoms with E-state index in [0.717, 1.165) is 28.2 Å². The molecule has 26 heavy (non-hydrogen) atoms. The zero-order valence-corrected chi connectivity index (χ0v) is 14.8. The highest BCUT2D eigenvalue weighted by atomic mass is 16.4. The lowest BCUT2D eigenvalue weighted by Crippen LogP contribution is -2.11. The monoisotopic (exact) mass is 354 g/mol. The van der Waals surface area contributed by atoms with Crippen LogP contribution in [0.3, 0.4) is 0 Å². The Balaban J connectivity index is 2.16. The summed E-state index contributed by atoms with van der Waals surface area (Å²) >= 11 is 0. The molecule has 0 fully saturated rings. The fraction of sp³-hybridized carbons (Fsp3) is 0.316. The molecule has 0 amide bonds. The number of benzene rings is 1. The molecule has 0 unspecified atom stereocenters. The van der Waals surface area contributed by atoms with E-state index < -0.39 is 5.97 Å². The molecule has 7 heteroatoms. The van der Waals surface area contributed by atoms with Crippen LogP contribution in [0.25, 0.3) is 22.5 Å². The van der Waals surface area contributed by atoms with E-state index in [-0.39, 0.29) is 19.1 Å². The standard InChI is InChI=1S/C19H22N4O3/c1-13(10-17(25)26)23-12-20-18(15-6-4-3-5-7-15)19(23)16-11-22(8-9-24)21-14(16)2/h3-7,11-13,24H,8-10H2,1-2H3,(H,25,26)/t13-/m1/s1. The largest absolute Gasteiger partial charge is 0.481 e. The summed E-state index contributed by atoms with van der Waals surface area (Å²) in [5.74, 6) is -0.855. The second kappa shape index (κ2) is 7.53. The fourth-order valence-corrected chi connectivity index (χ4v) is 3.09. The highest BCUT2D eigenvalue weighted by Gasteiger charge is 2.22. The second-order valence-electron chi connectivity index (χ2n) is 6.28. The fourth-order valence-electron chi connectivity index (χ4n) is 3.09. The molecule has 2 N–H and O–H groups in total. The van der Waals surface area contributed by atoms with Crippen molar-refractivity contribution in [2.75, 3.05) is 6.61 Å². The molecule has 0 aliphatic rings.